The predicted molar refractivity (Wildman–Crippen MR) is 81.7 cm³/mol. The molecule has 0 amide bonds. The van der Waals surface area contributed by atoms with Crippen molar-refractivity contribution < 1.29 is 9.60 Å². The number of nitrogens with two attached hydrogens (primary N) is 1. The molecule has 4 N–H and O–H groups in total. The second kappa shape index (κ2) is 6.89. The van der Waals surface area contributed by atoms with Gasteiger partial charge in [0, 0.05) is 18.2 Å². The van der Waals surface area contributed by atoms with Crippen molar-refractivity contribution in [2.75, 3.05) is 0 Å². The third kappa shape index (κ3) is 4.17. The molecule has 1 aliphatic carbocycles. The van der Waals surface area contributed by atoms with Crippen LogP contribution < -0.4 is 11.1 Å². The van der Waals surface area contributed by atoms with E-state index in [-0.39, 0.29) is 11.7 Å². The summed E-state index contributed by atoms with van der Waals surface area (Å²) < 4.78 is 13.3. The molecular weight excluding hydrogens is 269 g/mol. The number of oxime groups is 1. The van der Waals surface area contributed by atoms with Crippen molar-refractivity contribution in [1.82, 2.24) is 5.32 Å². The molecule has 1 aromatic rings. The Bertz CT molecular complexity index is 508. The van der Waals surface area contributed by atoms with Gasteiger partial charge >= 0.3 is 0 Å². The van der Waals surface area contributed by atoms with Crippen LogP contribution in [0.1, 0.15) is 44.2 Å². The van der Waals surface area contributed by atoms with Crippen molar-refractivity contribution in [2.24, 2.45) is 22.7 Å². The zero-order valence-corrected chi connectivity index (χ0v) is 12.6. The number of nitrogens with one attached hydrogen (secondary N) is 1. The van der Waals surface area contributed by atoms with Gasteiger partial charge in [-0.15, -0.1) is 0 Å². The van der Waals surface area contributed by atoms with Gasteiger partial charge in [-0.05, 0) is 48.8 Å². The summed E-state index contributed by atoms with van der Waals surface area (Å²) in [6.07, 6.45) is 3.60. The van der Waals surface area contributed by atoms with E-state index < -0.39 is 0 Å². The predicted octanol–water partition coefficient (Wildman–Crippen LogP) is 2.83. The first-order chi connectivity index (χ1) is 9.99. The first-order valence-electron chi connectivity index (χ1n) is 7.49. The second-order valence-corrected chi connectivity index (χ2v) is 6.28. The first-order valence-corrected chi connectivity index (χ1v) is 7.49. The Morgan fingerprint density at radius 3 is 2.62 bits per heavy atom. The van der Waals surface area contributed by atoms with Crippen LogP contribution in [0.2, 0.25) is 0 Å². The minimum atomic E-state index is -0.389. The monoisotopic (exact) mass is 293 g/mol. The van der Waals surface area contributed by atoms with Gasteiger partial charge in [-0.3, -0.25) is 0 Å². The van der Waals surface area contributed by atoms with Crippen molar-refractivity contribution >= 4 is 5.84 Å². The molecule has 2 atom stereocenters. The van der Waals surface area contributed by atoms with Gasteiger partial charge in [0.1, 0.15) is 5.82 Å². The summed E-state index contributed by atoms with van der Waals surface area (Å²) in [7, 11) is 0. The zero-order valence-electron chi connectivity index (χ0n) is 12.6. The number of hydrogen-bond acceptors (Lipinski definition) is 3. The zero-order chi connectivity index (χ0) is 15.4. The lowest BCUT2D eigenvalue weighted by atomic mass is 9.80. The maximum Gasteiger partial charge on any atom is 0.170 e. The van der Waals surface area contributed by atoms with Crippen LogP contribution in [-0.2, 0) is 6.54 Å². The van der Waals surface area contributed by atoms with E-state index in [1.54, 1.807) is 6.07 Å². The fourth-order valence-electron chi connectivity index (χ4n) is 3.36. The van der Waals surface area contributed by atoms with Crippen LogP contribution in [-0.4, -0.2) is 17.1 Å². The molecule has 1 fully saturated rings. The van der Waals surface area contributed by atoms with E-state index in [1.165, 1.54) is 18.6 Å². The van der Waals surface area contributed by atoms with Crippen LogP contribution >= 0.6 is 0 Å². The molecule has 0 aromatic heterocycles. The summed E-state index contributed by atoms with van der Waals surface area (Å²) in [6, 6.07) is 4.86. The van der Waals surface area contributed by atoms with E-state index in [0.717, 1.165) is 30.2 Å². The highest BCUT2D eigenvalue weighted by atomic mass is 19.1. The van der Waals surface area contributed by atoms with E-state index >= 15 is 0 Å². The van der Waals surface area contributed by atoms with Crippen LogP contribution in [0.5, 0.6) is 0 Å². The minimum absolute atomic E-state index is 0.0586. The molecule has 2 unspecified atom stereocenters. The number of nitrogens with zero attached hydrogens (tertiary/aromatic N) is 1. The summed E-state index contributed by atoms with van der Waals surface area (Å²) in [6.45, 7) is 5.16. The Hall–Kier alpha value is -1.62. The SMILES string of the molecule is CC1CC(C)CC(NCc2ccc(F)cc2C(N)=NO)C1. The molecule has 1 aliphatic rings. The van der Waals surface area contributed by atoms with Crippen molar-refractivity contribution in [3.63, 3.8) is 0 Å². The van der Waals surface area contributed by atoms with Crippen LogP contribution in [0.4, 0.5) is 4.39 Å². The fourth-order valence-corrected chi connectivity index (χ4v) is 3.36. The molecule has 0 aliphatic heterocycles. The summed E-state index contributed by atoms with van der Waals surface area (Å²) in [5.41, 5.74) is 6.91. The number of halogens is 1. The van der Waals surface area contributed by atoms with E-state index in [0.29, 0.717) is 18.2 Å². The average Bonchev–Trinajstić information content (AvgIpc) is 2.44. The largest absolute Gasteiger partial charge is 0.409 e. The number of amidine groups is 1. The van der Waals surface area contributed by atoms with Crippen molar-refractivity contribution in [2.45, 2.75) is 45.7 Å². The van der Waals surface area contributed by atoms with Gasteiger partial charge in [0.05, 0.1) is 0 Å². The van der Waals surface area contributed by atoms with Crippen molar-refractivity contribution in [1.29, 1.82) is 0 Å². The molecule has 2 rings (SSSR count). The molecule has 0 saturated heterocycles. The van der Waals surface area contributed by atoms with Gasteiger partial charge in [0.15, 0.2) is 5.84 Å². The van der Waals surface area contributed by atoms with Crippen LogP contribution in [0.25, 0.3) is 0 Å². The fraction of sp³-hybridized carbons (Fsp3) is 0.562. The van der Waals surface area contributed by atoms with E-state index in [1.807, 2.05) is 0 Å². The lowest BCUT2D eigenvalue weighted by Gasteiger charge is -2.32. The molecule has 1 aromatic carbocycles. The van der Waals surface area contributed by atoms with Gasteiger partial charge < -0.3 is 16.3 Å². The molecule has 4 nitrogen and oxygen atoms in total. The lowest BCUT2D eigenvalue weighted by molar-refractivity contribution is 0.238. The number of rotatable bonds is 4. The maximum absolute atomic E-state index is 13.3. The average molecular weight is 293 g/mol. The molecule has 0 heterocycles. The minimum Gasteiger partial charge on any atom is -0.409 e. The summed E-state index contributed by atoms with van der Waals surface area (Å²) in [5.74, 6) is 1.00. The topological polar surface area (TPSA) is 70.6 Å². The summed E-state index contributed by atoms with van der Waals surface area (Å²) in [4.78, 5) is 0. The smallest absolute Gasteiger partial charge is 0.170 e. The number of hydrogen-bond donors (Lipinski definition) is 3. The Balaban J connectivity index is 2.06. The Labute approximate surface area is 125 Å². The highest BCUT2D eigenvalue weighted by Crippen LogP contribution is 2.28. The number of benzene rings is 1. The van der Waals surface area contributed by atoms with Gasteiger partial charge in [-0.2, -0.15) is 0 Å². The van der Waals surface area contributed by atoms with Crippen LogP contribution in [0.15, 0.2) is 23.4 Å². The standard InChI is InChI=1S/C16H24FN3O/c1-10-5-11(2)7-14(6-10)19-9-12-3-4-13(17)8-15(12)16(18)20-21/h3-4,8,10-11,14,19,21H,5-7,9H2,1-2H3,(H2,18,20). The van der Waals surface area contributed by atoms with Crippen LogP contribution in [0.3, 0.4) is 0 Å². The normalized spacial score (nSPS) is 26.8. The highest BCUT2D eigenvalue weighted by molar-refractivity contribution is 5.98. The molecule has 0 spiro atoms. The van der Waals surface area contributed by atoms with E-state index in [2.05, 4.69) is 24.3 Å². The third-order valence-electron chi connectivity index (χ3n) is 4.22. The maximum atomic E-state index is 13.3. The molecular formula is C16H24FN3O. The first kappa shape index (κ1) is 15.8. The molecule has 116 valence electrons. The quantitative estimate of drug-likeness (QED) is 0.346. The molecule has 1 saturated carbocycles. The van der Waals surface area contributed by atoms with Gasteiger partial charge in [-0.1, -0.05) is 25.1 Å². The molecule has 0 radical (unpaired) electrons. The van der Waals surface area contributed by atoms with Gasteiger partial charge in [0.25, 0.3) is 0 Å². The van der Waals surface area contributed by atoms with Crippen molar-refractivity contribution in [3.8, 4) is 0 Å². The highest BCUT2D eigenvalue weighted by Gasteiger charge is 2.23. The van der Waals surface area contributed by atoms with E-state index in [4.69, 9.17) is 10.9 Å². The summed E-state index contributed by atoms with van der Waals surface area (Å²) >= 11 is 0. The van der Waals surface area contributed by atoms with E-state index in [9.17, 15) is 4.39 Å². The Morgan fingerprint density at radius 2 is 2.00 bits per heavy atom. The molecule has 0 bridgehead atoms. The van der Waals surface area contributed by atoms with Crippen LogP contribution in [0, 0.1) is 17.7 Å². The Kier molecular flexibility index (Phi) is 5.17. The second-order valence-electron chi connectivity index (χ2n) is 6.28. The summed E-state index contributed by atoms with van der Waals surface area (Å²) in [5, 5.41) is 15.3. The van der Waals surface area contributed by atoms with Gasteiger partial charge in [-0.25, -0.2) is 4.39 Å². The third-order valence-corrected chi connectivity index (χ3v) is 4.22. The Morgan fingerprint density at radius 1 is 1.33 bits per heavy atom. The lowest BCUT2D eigenvalue weighted by Crippen LogP contribution is -2.36. The van der Waals surface area contributed by atoms with Crippen molar-refractivity contribution in [3.05, 3.63) is 35.1 Å². The molecule has 21 heavy (non-hydrogen) atoms. The van der Waals surface area contributed by atoms with Gasteiger partial charge in [0.2, 0.25) is 0 Å². The molecule has 5 heteroatoms.